The predicted octanol–water partition coefficient (Wildman–Crippen LogP) is 5.02. The third kappa shape index (κ3) is 2.76. The van der Waals surface area contributed by atoms with E-state index in [9.17, 15) is 4.79 Å². The van der Waals surface area contributed by atoms with Crippen LogP contribution in [0.4, 0.5) is 0 Å². The molecule has 27 heavy (non-hydrogen) atoms. The summed E-state index contributed by atoms with van der Waals surface area (Å²) in [6.07, 6.45) is 5.62. The van der Waals surface area contributed by atoms with Crippen LogP contribution in [0, 0.1) is 6.92 Å². The number of thiophene rings is 1. The summed E-state index contributed by atoms with van der Waals surface area (Å²) in [5, 5.41) is 7.00. The number of aromatic nitrogens is 3. The fourth-order valence-electron chi connectivity index (χ4n) is 3.72. The van der Waals surface area contributed by atoms with E-state index in [1.807, 2.05) is 35.3 Å². The van der Waals surface area contributed by atoms with Crippen LogP contribution in [0.15, 0.2) is 51.5 Å². The maximum atomic E-state index is 13.4. The standard InChI is InChI=1S/C21H17N3OS2/c1-13-11-27-20(23-13)17-9-16(15-5-8-26-12-15)19-18-10-22-6-4-14(18)3-2-7-24(19)21(17)25/h4-6,8-12H,2-3,7H2,1H3. The Kier molecular flexibility index (Phi) is 4.02. The fraction of sp³-hybridized carbons (Fsp3) is 0.190. The van der Waals surface area contributed by atoms with Crippen molar-refractivity contribution in [2.75, 3.05) is 0 Å². The first-order valence-electron chi connectivity index (χ1n) is 8.88. The van der Waals surface area contributed by atoms with Crippen LogP contribution in [-0.4, -0.2) is 14.5 Å². The summed E-state index contributed by atoms with van der Waals surface area (Å²) in [4.78, 5) is 22.3. The molecule has 0 unspecified atom stereocenters. The van der Waals surface area contributed by atoms with Crippen LogP contribution in [0.5, 0.6) is 0 Å². The van der Waals surface area contributed by atoms with Crippen molar-refractivity contribution in [2.24, 2.45) is 0 Å². The van der Waals surface area contributed by atoms with Crippen molar-refractivity contribution in [1.29, 1.82) is 0 Å². The molecule has 0 N–H and O–H groups in total. The van der Waals surface area contributed by atoms with Crippen molar-refractivity contribution in [1.82, 2.24) is 14.5 Å². The second-order valence-corrected chi connectivity index (χ2v) is 8.36. The zero-order chi connectivity index (χ0) is 18.4. The van der Waals surface area contributed by atoms with Gasteiger partial charge in [0.05, 0.1) is 11.3 Å². The summed E-state index contributed by atoms with van der Waals surface area (Å²) in [6.45, 7) is 2.67. The molecule has 0 atom stereocenters. The summed E-state index contributed by atoms with van der Waals surface area (Å²) in [7, 11) is 0. The third-order valence-electron chi connectivity index (χ3n) is 4.97. The van der Waals surface area contributed by atoms with Crippen molar-refractivity contribution >= 4 is 22.7 Å². The van der Waals surface area contributed by atoms with Gasteiger partial charge in [0.2, 0.25) is 0 Å². The lowest BCUT2D eigenvalue weighted by Crippen LogP contribution is -2.23. The van der Waals surface area contributed by atoms with Gasteiger partial charge in [-0.15, -0.1) is 11.3 Å². The Morgan fingerprint density at radius 2 is 2.07 bits per heavy atom. The minimum Gasteiger partial charge on any atom is -0.307 e. The van der Waals surface area contributed by atoms with Gasteiger partial charge in [-0.2, -0.15) is 11.3 Å². The number of rotatable bonds is 2. The molecule has 0 spiro atoms. The number of thiazole rings is 1. The van der Waals surface area contributed by atoms with Crippen LogP contribution in [0.2, 0.25) is 0 Å². The normalized spacial score (nSPS) is 13.1. The molecule has 4 aromatic rings. The Labute approximate surface area is 164 Å². The highest BCUT2D eigenvalue weighted by Gasteiger charge is 2.23. The summed E-state index contributed by atoms with van der Waals surface area (Å²) in [6, 6.07) is 6.21. The summed E-state index contributed by atoms with van der Waals surface area (Å²) < 4.78 is 1.94. The van der Waals surface area contributed by atoms with E-state index in [1.165, 1.54) is 16.9 Å². The Bertz CT molecular complexity index is 1190. The first kappa shape index (κ1) is 16.6. The Balaban J connectivity index is 1.88. The second kappa shape index (κ2) is 6.55. The minimum atomic E-state index is 0.0371. The van der Waals surface area contributed by atoms with Crippen LogP contribution >= 0.6 is 22.7 Å². The summed E-state index contributed by atoms with van der Waals surface area (Å²) in [5.41, 5.74) is 7.18. The van der Waals surface area contributed by atoms with Gasteiger partial charge in [0.25, 0.3) is 5.56 Å². The Hall–Kier alpha value is -2.57. The SMILES string of the molecule is Cc1csc(-c2cc(-c3ccsc3)c3n(c2=O)CCCc2ccncc2-3)n1. The molecule has 1 aliphatic heterocycles. The Morgan fingerprint density at radius 1 is 1.15 bits per heavy atom. The van der Waals surface area contributed by atoms with Gasteiger partial charge in [-0.3, -0.25) is 9.78 Å². The van der Waals surface area contributed by atoms with Crippen LogP contribution in [0.3, 0.4) is 0 Å². The quantitative estimate of drug-likeness (QED) is 0.482. The number of fused-ring (bicyclic) bond motifs is 3. The van der Waals surface area contributed by atoms with Gasteiger partial charge in [0, 0.05) is 41.1 Å². The topological polar surface area (TPSA) is 47.8 Å². The lowest BCUT2D eigenvalue weighted by Gasteiger charge is -2.17. The zero-order valence-corrected chi connectivity index (χ0v) is 16.4. The molecule has 0 aliphatic carbocycles. The van der Waals surface area contributed by atoms with E-state index in [0.29, 0.717) is 12.1 Å². The maximum Gasteiger partial charge on any atom is 0.261 e. The Morgan fingerprint density at radius 3 is 2.85 bits per heavy atom. The minimum absolute atomic E-state index is 0.0371. The highest BCUT2D eigenvalue weighted by molar-refractivity contribution is 7.13. The van der Waals surface area contributed by atoms with Crippen LogP contribution in [0.25, 0.3) is 33.0 Å². The molecule has 6 heteroatoms. The van der Waals surface area contributed by atoms with Crippen LogP contribution in [0.1, 0.15) is 17.7 Å². The number of nitrogens with zero attached hydrogens (tertiary/aromatic N) is 3. The number of hydrogen-bond acceptors (Lipinski definition) is 5. The molecule has 5 heterocycles. The predicted molar refractivity (Wildman–Crippen MR) is 111 cm³/mol. The van der Waals surface area contributed by atoms with Gasteiger partial charge in [-0.25, -0.2) is 4.98 Å². The molecule has 0 bridgehead atoms. The molecule has 1 aliphatic rings. The van der Waals surface area contributed by atoms with Gasteiger partial charge in [0.1, 0.15) is 5.01 Å². The van der Waals surface area contributed by atoms with Gasteiger partial charge >= 0.3 is 0 Å². The summed E-state index contributed by atoms with van der Waals surface area (Å²) in [5.74, 6) is 0. The average molecular weight is 392 g/mol. The highest BCUT2D eigenvalue weighted by atomic mass is 32.1. The molecule has 0 aromatic carbocycles. The van der Waals surface area contributed by atoms with Crippen LogP contribution in [-0.2, 0) is 13.0 Å². The first-order valence-corrected chi connectivity index (χ1v) is 10.7. The molecule has 4 aromatic heterocycles. The lowest BCUT2D eigenvalue weighted by atomic mass is 9.97. The monoisotopic (exact) mass is 391 g/mol. The van der Waals surface area contributed by atoms with Gasteiger partial charge in [-0.1, -0.05) is 0 Å². The molecule has 5 rings (SSSR count). The molecule has 0 saturated carbocycles. The highest BCUT2D eigenvalue weighted by Crippen LogP contribution is 2.38. The molecule has 0 fully saturated rings. The van der Waals surface area contributed by atoms with Crippen molar-refractivity contribution in [2.45, 2.75) is 26.3 Å². The van der Waals surface area contributed by atoms with Gasteiger partial charge in [0.15, 0.2) is 0 Å². The molecule has 0 radical (unpaired) electrons. The van der Waals surface area contributed by atoms with E-state index in [0.717, 1.165) is 45.9 Å². The van der Waals surface area contributed by atoms with Gasteiger partial charge in [-0.05, 0) is 59.9 Å². The van der Waals surface area contributed by atoms with Gasteiger partial charge < -0.3 is 4.57 Å². The van der Waals surface area contributed by atoms with E-state index in [-0.39, 0.29) is 5.56 Å². The largest absolute Gasteiger partial charge is 0.307 e. The number of hydrogen-bond donors (Lipinski definition) is 0. The molecule has 0 saturated heterocycles. The van der Waals surface area contributed by atoms with E-state index in [1.54, 1.807) is 11.3 Å². The number of aryl methyl sites for hydroxylation is 2. The van der Waals surface area contributed by atoms with Crippen molar-refractivity contribution in [3.63, 3.8) is 0 Å². The third-order valence-corrected chi connectivity index (χ3v) is 6.64. The first-order chi connectivity index (χ1) is 13.2. The van der Waals surface area contributed by atoms with Crippen molar-refractivity contribution in [3.05, 3.63) is 68.3 Å². The van der Waals surface area contributed by atoms with E-state index < -0.39 is 0 Å². The lowest BCUT2D eigenvalue weighted by molar-refractivity contribution is 0.642. The molecule has 0 amide bonds. The molecular formula is C21H17N3OS2. The fourth-order valence-corrected chi connectivity index (χ4v) is 5.18. The maximum absolute atomic E-state index is 13.4. The van der Waals surface area contributed by atoms with Crippen molar-refractivity contribution < 1.29 is 0 Å². The van der Waals surface area contributed by atoms with Crippen LogP contribution < -0.4 is 5.56 Å². The van der Waals surface area contributed by atoms with E-state index in [4.69, 9.17) is 0 Å². The summed E-state index contributed by atoms with van der Waals surface area (Å²) >= 11 is 3.20. The van der Waals surface area contributed by atoms with E-state index in [2.05, 4.69) is 32.9 Å². The average Bonchev–Trinajstić information content (AvgIpc) is 3.31. The molecular weight excluding hydrogens is 374 g/mol. The smallest absolute Gasteiger partial charge is 0.261 e. The number of pyridine rings is 2. The van der Waals surface area contributed by atoms with E-state index >= 15 is 0 Å². The molecule has 134 valence electrons. The molecule has 4 nitrogen and oxygen atoms in total. The second-order valence-electron chi connectivity index (χ2n) is 6.72. The zero-order valence-electron chi connectivity index (χ0n) is 14.8. The van der Waals surface area contributed by atoms with Crippen molar-refractivity contribution in [3.8, 4) is 33.0 Å².